The van der Waals surface area contributed by atoms with Gasteiger partial charge in [-0.1, -0.05) is 18.5 Å². The summed E-state index contributed by atoms with van der Waals surface area (Å²) in [5, 5.41) is 12.5. The fourth-order valence-electron chi connectivity index (χ4n) is 2.13. The Bertz CT molecular complexity index is 568. The summed E-state index contributed by atoms with van der Waals surface area (Å²) in [6, 6.07) is 5.31. The molecule has 110 valence electrons. The topological polar surface area (TPSA) is 69.0 Å². The Hall–Kier alpha value is -2.06. The van der Waals surface area contributed by atoms with Crippen LogP contribution in [0.15, 0.2) is 30.1 Å². The molecule has 0 aliphatic carbocycles. The third-order valence-electron chi connectivity index (χ3n) is 3.51. The molecular weight excluding hydrogens is 288 g/mol. The zero-order valence-electron chi connectivity index (χ0n) is 11.8. The summed E-state index contributed by atoms with van der Waals surface area (Å²) >= 11 is 5.75. The molecule has 6 heteroatoms. The van der Waals surface area contributed by atoms with Crippen molar-refractivity contribution in [2.24, 2.45) is 5.92 Å². The highest BCUT2D eigenvalue weighted by molar-refractivity contribution is 6.30. The van der Waals surface area contributed by atoms with Crippen LogP contribution in [0.1, 0.15) is 19.8 Å². The minimum atomic E-state index is -0.231. The molecular formula is C15H17ClN4O. The van der Waals surface area contributed by atoms with Crippen LogP contribution in [0.2, 0.25) is 5.02 Å². The van der Waals surface area contributed by atoms with Crippen LogP contribution in [0, 0.1) is 17.2 Å². The third kappa shape index (κ3) is 4.20. The molecule has 1 saturated heterocycles. The lowest BCUT2D eigenvalue weighted by molar-refractivity contribution is -0.128. The Morgan fingerprint density at radius 2 is 2.24 bits per heavy atom. The van der Waals surface area contributed by atoms with Crippen LogP contribution in [0.4, 0.5) is 5.82 Å². The number of hydrogen-bond donors (Lipinski definition) is 1. The molecule has 1 aromatic heterocycles. The van der Waals surface area contributed by atoms with E-state index in [2.05, 4.69) is 17.2 Å². The predicted molar refractivity (Wildman–Crippen MR) is 81.5 cm³/mol. The Kier molecular flexibility index (Phi) is 5.18. The number of anilines is 1. The van der Waals surface area contributed by atoms with Gasteiger partial charge in [0.15, 0.2) is 0 Å². The molecule has 21 heavy (non-hydrogen) atoms. The first-order valence-electron chi connectivity index (χ1n) is 6.88. The lowest BCUT2D eigenvalue weighted by atomic mass is 9.99. The van der Waals surface area contributed by atoms with E-state index in [-0.39, 0.29) is 11.5 Å². The van der Waals surface area contributed by atoms with E-state index >= 15 is 0 Å². The van der Waals surface area contributed by atoms with Gasteiger partial charge in [0.05, 0.1) is 5.02 Å². The van der Waals surface area contributed by atoms with Crippen molar-refractivity contribution < 1.29 is 4.79 Å². The molecule has 1 N–H and O–H groups in total. The first-order valence-corrected chi connectivity index (χ1v) is 7.25. The summed E-state index contributed by atoms with van der Waals surface area (Å²) in [7, 11) is 0. The van der Waals surface area contributed by atoms with Crippen LogP contribution in [0.3, 0.4) is 0 Å². The summed E-state index contributed by atoms with van der Waals surface area (Å²) in [6.45, 7) is 3.59. The normalized spacial score (nSPS) is 16.4. The number of rotatable bonds is 3. The number of likely N-dealkylation sites (tertiary alicyclic amines) is 1. The second-order valence-electron chi connectivity index (χ2n) is 5.15. The van der Waals surface area contributed by atoms with E-state index in [1.807, 2.05) is 6.07 Å². The monoisotopic (exact) mass is 304 g/mol. The largest absolute Gasteiger partial charge is 0.345 e. The van der Waals surface area contributed by atoms with Crippen molar-refractivity contribution in [2.75, 3.05) is 18.4 Å². The lowest BCUT2D eigenvalue weighted by Crippen LogP contribution is -2.38. The highest BCUT2D eigenvalue weighted by Crippen LogP contribution is 2.18. The molecule has 0 spiro atoms. The summed E-state index contributed by atoms with van der Waals surface area (Å²) in [6.07, 6.45) is 4.86. The second-order valence-corrected chi connectivity index (χ2v) is 5.59. The number of aromatic nitrogens is 1. The molecule has 0 radical (unpaired) electrons. The highest BCUT2D eigenvalue weighted by Gasteiger charge is 2.22. The van der Waals surface area contributed by atoms with Crippen LogP contribution in [0.5, 0.6) is 0 Å². The molecule has 5 nitrogen and oxygen atoms in total. The summed E-state index contributed by atoms with van der Waals surface area (Å²) < 4.78 is 0. The quantitative estimate of drug-likeness (QED) is 0.688. The maximum absolute atomic E-state index is 12.3. The summed E-state index contributed by atoms with van der Waals surface area (Å²) in [4.78, 5) is 18.0. The lowest BCUT2D eigenvalue weighted by Gasteiger charge is -2.30. The first-order chi connectivity index (χ1) is 10.1. The van der Waals surface area contributed by atoms with Crippen molar-refractivity contribution in [2.45, 2.75) is 19.8 Å². The first kappa shape index (κ1) is 15.3. The second kappa shape index (κ2) is 7.09. The van der Waals surface area contributed by atoms with Crippen molar-refractivity contribution in [1.29, 1.82) is 5.26 Å². The molecule has 0 unspecified atom stereocenters. The van der Waals surface area contributed by atoms with Crippen molar-refractivity contribution in [3.05, 3.63) is 35.1 Å². The van der Waals surface area contributed by atoms with E-state index in [0.29, 0.717) is 29.8 Å². The molecule has 2 heterocycles. The number of carbonyl (C=O) groups excluding carboxylic acids is 1. The van der Waals surface area contributed by atoms with E-state index < -0.39 is 0 Å². The molecule has 0 bridgehead atoms. The number of amides is 1. The van der Waals surface area contributed by atoms with Gasteiger partial charge < -0.3 is 10.2 Å². The SMILES string of the molecule is CC1CCN(C(=O)/C(C#N)=C\Nc2ccc(Cl)cn2)CC1. The zero-order valence-corrected chi connectivity index (χ0v) is 12.6. The predicted octanol–water partition coefficient (Wildman–Crippen LogP) is 2.81. The van der Waals surface area contributed by atoms with E-state index in [0.717, 1.165) is 12.8 Å². The van der Waals surface area contributed by atoms with Gasteiger partial charge in [-0.25, -0.2) is 4.98 Å². The van der Waals surface area contributed by atoms with E-state index in [4.69, 9.17) is 16.9 Å². The van der Waals surface area contributed by atoms with E-state index in [1.165, 1.54) is 12.4 Å². The molecule has 1 fully saturated rings. The van der Waals surface area contributed by atoms with E-state index in [1.54, 1.807) is 17.0 Å². The Morgan fingerprint density at radius 1 is 1.52 bits per heavy atom. The standard InChI is InChI=1S/C15H17ClN4O/c1-11-4-6-20(7-5-11)15(21)12(8-17)9-18-14-3-2-13(16)10-19-14/h2-3,9-11H,4-7H2,1H3,(H,18,19)/b12-9-. The van der Waals surface area contributed by atoms with Gasteiger partial charge in [-0.15, -0.1) is 0 Å². The maximum Gasteiger partial charge on any atom is 0.266 e. The molecule has 0 atom stereocenters. The maximum atomic E-state index is 12.3. The van der Waals surface area contributed by atoms with Gasteiger partial charge in [0.25, 0.3) is 5.91 Å². The molecule has 1 amide bonds. The van der Waals surface area contributed by atoms with Crippen LogP contribution in [-0.4, -0.2) is 28.9 Å². The van der Waals surface area contributed by atoms with Gasteiger partial charge in [-0.3, -0.25) is 4.79 Å². The van der Waals surface area contributed by atoms with Crippen LogP contribution in [-0.2, 0) is 4.79 Å². The van der Waals surface area contributed by atoms with Crippen molar-refractivity contribution in [3.8, 4) is 6.07 Å². The molecule has 2 rings (SSSR count). The molecule has 1 aliphatic heterocycles. The van der Waals surface area contributed by atoms with Gasteiger partial charge in [0, 0.05) is 25.5 Å². The molecule has 1 aliphatic rings. The fraction of sp³-hybridized carbons (Fsp3) is 0.400. The summed E-state index contributed by atoms with van der Waals surface area (Å²) in [5.74, 6) is 0.943. The molecule has 0 saturated carbocycles. The number of hydrogen-bond acceptors (Lipinski definition) is 4. The van der Waals surface area contributed by atoms with Crippen LogP contribution < -0.4 is 5.32 Å². The molecule has 0 aromatic carbocycles. The van der Waals surface area contributed by atoms with Gasteiger partial charge in [0.2, 0.25) is 0 Å². The Labute approximate surface area is 129 Å². The van der Waals surface area contributed by atoms with Crippen LogP contribution in [0.25, 0.3) is 0 Å². The summed E-state index contributed by atoms with van der Waals surface area (Å²) in [5.41, 5.74) is 0.0845. The minimum absolute atomic E-state index is 0.0845. The number of nitrogens with one attached hydrogen (secondary N) is 1. The van der Waals surface area contributed by atoms with Crippen molar-refractivity contribution >= 4 is 23.3 Å². The number of nitrogens with zero attached hydrogens (tertiary/aromatic N) is 3. The van der Waals surface area contributed by atoms with Gasteiger partial charge in [0.1, 0.15) is 17.5 Å². The average Bonchev–Trinajstić information content (AvgIpc) is 2.50. The number of carbonyl (C=O) groups is 1. The van der Waals surface area contributed by atoms with Gasteiger partial charge >= 0.3 is 0 Å². The number of piperidine rings is 1. The van der Waals surface area contributed by atoms with Gasteiger partial charge in [-0.2, -0.15) is 5.26 Å². The minimum Gasteiger partial charge on any atom is -0.345 e. The Balaban J connectivity index is 2.01. The number of nitriles is 1. The number of halogens is 1. The average molecular weight is 305 g/mol. The van der Waals surface area contributed by atoms with Crippen LogP contribution >= 0.6 is 11.6 Å². The van der Waals surface area contributed by atoms with Crippen molar-refractivity contribution in [1.82, 2.24) is 9.88 Å². The highest BCUT2D eigenvalue weighted by atomic mass is 35.5. The fourth-order valence-corrected chi connectivity index (χ4v) is 2.24. The smallest absolute Gasteiger partial charge is 0.266 e. The van der Waals surface area contributed by atoms with Crippen molar-refractivity contribution in [3.63, 3.8) is 0 Å². The van der Waals surface area contributed by atoms with E-state index in [9.17, 15) is 4.79 Å². The Morgan fingerprint density at radius 3 is 2.81 bits per heavy atom. The zero-order chi connectivity index (χ0) is 15.2. The number of pyridine rings is 1. The molecule has 1 aromatic rings. The third-order valence-corrected chi connectivity index (χ3v) is 3.74. The van der Waals surface area contributed by atoms with Gasteiger partial charge in [-0.05, 0) is 30.9 Å².